The van der Waals surface area contributed by atoms with Gasteiger partial charge >= 0.3 is 17.9 Å². The van der Waals surface area contributed by atoms with Crippen LogP contribution in [0.15, 0.2) is 111 Å². The summed E-state index contributed by atoms with van der Waals surface area (Å²) in [6, 6.07) is 16.9. The Kier molecular flexibility index (Phi) is 9.54. The van der Waals surface area contributed by atoms with E-state index in [2.05, 4.69) is 19.7 Å². The zero-order valence-corrected chi connectivity index (χ0v) is 20.8. The van der Waals surface area contributed by atoms with E-state index in [0.29, 0.717) is 40.5 Å². The molecule has 0 aromatic heterocycles. The van der Waals surface area contributed by atoms with Crippen LogP contribution in [0.25, 0.3) is 22.3 Å². The van der Waals surface area contributed by atoms with Crippen molar-refractivity contribution in [2.45, 2.75) is 6.92 Å². The predicted octanol–water partition coefficient (Wildman–Crippen LogP) is 6.25. The maximum absolute atomic E-state index is 12.2. The summed E-state index contributed by atoms with van der Waals surface area (Å²) in [6.45, 7) is 12.5. The van der Waals surface area contributed by atoms with Gasteiger partial charge in [-0.2, -0.15) is 0 Å². The number of carbonyl (C=O) groups is 3. The van der Waals surface area contributed by atoms with Crippen LogP contribution in [0.2, 0.25) is 0 Å². The fourth-order valence-electron chi connectivity index (χ4n) is 3.32. The highest BCUT2D eigenvalue weighted by Crippen LogP contribution is 2.42. The lowest BCUT2D eigenvalue weighted by molar-refractivity contribution is -0.129. The smallest absolute Gasteiger partial charge is 0.335 e. The van der Waals surface area contributed by atoms with Gasteiger partial charge in [-0.05, 0) is 54.4 Å². The SMILES string of the molecule is C=CC(=O)Oc1ccc(-c2cc(OC(=O)C=C)c(-c3ccc(OC(=O)C=C)cc3)cc2OC/C=C/C)cc1. The first-order chi connectivity index (χ1) is 18.4. The van der Waals surface area contributed by atoms with Crippen LogP contribution in [-0.2, 0) is 14.4 Å². The number of allylic oxidation sites excluding steroid dienone is 1. The van der Waals surface area contributed by atoms with Gasteiger partial charge in [0, 0.05) is 29.4 Å². The molecule has 0 unspecified atom stereocenters. The molecule has 0 N–H and O–H groups in total. The average Bonchev–Trinajstić information content (AvgIpc) is 2.94. The minimum Gasteiger partial charge on any atom is -0.489 e. The topological polar surface area (TPSA) is 88.1 Å². The monoisotopic (exact) mass is 510 g/mol. The molecule has 0 aliphatic heterocycles. The predicted molar refractivity (Wildman–Crippen MR) is 145 cm³/mol. The molecule has 0 amide bonds. The minimum atomic E-state index is -0.636. The van der Waals surface area contributed by atoms with Gasteiger partial charge in [-0.15, -0.1) is 0 Å². The first-order valence-corrected chi connectivity index (χ1v) is 11.5. The maximum atomic E-state index is 12.2. The molecule has 0 spiro atoms. The van der Waals surface area contributed by atoms with Crippen LogP contribution in [0.1, 0.15) is 6.92 Å². The summed E-state index contributed by atoms with van der Waals surface area (Å²) in [5, 5.41) is 0. The fourth-order valence-corrected chi connectivity index (χ4v) is 3.32. The fraction of sp³-hybridized carbons (Fsp3) is 0.0645. The van der Waals surface area contributed by atoms with E-state index in [4.69, 9.17) is 18.9 Å². The van der Waals surface area contributed by atoms with Gasteiger partial charge in [-0.25, -0.2) is 14.4 Å². The normalized spacial score (nSPS) is 10.3. The highest BCUT2D eigenvalue weighted by atomic mass is 16.5. The Morgan fingerprint density at radius 2 is 1.08 bits per heavy atom. The Morgan fingerprint density at radius 1 is 0.658 bits per heavy atom. The molecule has 0 saturated heterocycles. The zero-order chi connectivity index (χ0) is 27.5. The Bertz CT molecular complexity index is 1380. The van der Waals surface area contributed by atoms with Crippen molar-refractivity contribution in [3.63, 3.8) is 0 Å². The number of benzene rings is 3. The van der Waals surface area contributed by atoms with Gasteiger partial charge in [-0.3, -0.25) is 0 Å². The maximum Gasteiger partial charge on any atom is 0.335 e. The van der Waals surface area contributed by atoms with Crippen LogP contribution < -0.4 is 18.9 Å². The molecule has 0 saturated carbocycles. The lowest BCUT2D eigenvalue weighted by Crippen LogP contribution is -2.06. The van der Waals surface area contributed by atoms with E-state index in [-0.39, 0.29) is 5.75 Å². The van der Waals surface area contributed by atoms with Crippen molar-refractivity contribution in [2.75, 3.05) is 6.61 Å². The highest BCUT2D eigenvalue weighted by Gasteiger charge is 2.18. The second kappa shape index (κ2) is 13.2. The van der Waals surface area contributed by atoms with E-state index in [1.54, 1.807) is 60.7 Å². The van der Waals surface area contributed by atoms with Crippen LogP contribution in [-0.4, -0.2) is 24.5 Å². The summed E-state index contributed by atoms with van der Waals surface area (Å²) in [5.74, 6) is -0.309. The van der Waals surface area contributed by atoms with Gasteiger partial charge in [-0.1, -0.05) is 56.2 Å². The van der Waals surface area contributed by atoms with Gasteiger partial charge in [0.25, 0.3) is 0 Å². The van der Waals surface area contributed by atoms with E-state index in [1.165, 1.54) is 0 Å². The number of carbonyl (C=O) groups excluding carboxylic acids is 3. The van der Waals surface area contributed by atoms with Crippen LogP contribution >= 0.6 is 0 Å². The van der Waals surface area contributed by atoms with Crippen molar-refractivity contribution in [3.8, 4) is 45.3 Å². The van der Waals surface area contributed by atoms with Crippen molar-refractivity contribution in [2.24, 2.45) is 0 Å². The van der Waals surface area contributed by atoms with E-state index in [9.17, 15) is 14.4 Å². The number of esters is 3. The van der Waals surface area contributed by atoms with Gasteiger partial charge < -0.3 is 18.9 Å². The largest absolute Gasteiger partial charge is 0.489 e. The first-order valence-electron chi connectivity index (χ1n) is 11.5. The van der Waals surface area contributed by atoms with E-state index in [0.717, 1.165) is 23.8 Å². The molecule has 192 valence electrons. The lowest BCUT2D eigenvalue weighted by Gasteiger charge is -2.17. The molecule has 3 aromatic carbocycles. The summed E-state index contributed by atoms with van der Waals surface area (Å²) in [5.41, 5.74) is 2.62. The van der Waals surface area contributed by atoms with Crippen LogP contribution in [0, 0.1) is 0 Å². The second-order valence-electron chi connectivity index (χ2n) is 7.65. The van der Waals surface area contributed by atoms with Gasteiger partial charge in [0.2, 0.25) is 0 Å². The molecule has 0 bridgehead atoms. The van der Waals surface area contributed by atoms with Crippen molar-refractivity contribution in [1.29, 1.82) is 0 Å². The Morgan fingerprint density at radius 3 is 1.53 bits per heavy atom. The van der Waals surface area contributed by atoms with E-state index >= 15 is 0 Å². The molecular formula is C31H26O7. The molecule has 3 rings (SSSR count). The molecule has 0 aliphatic carbocycles. The van der Waals surface area contributed by atoms with Crippen LogP contribution in [0.4, 0.5) is 0 Å². The third-order valence-corrected chi connectivity index (χ3v) is 5.13. The second-order valence-corrected chi connectivity index (χ2v) is 7.65. The third kappa shape index (κ3) is 7.18. The molecule has 0 aliphatic rings. The zero-order valence-electron chi connectivity index (χ0n) is 20.8. The summed E-state index contributed by atoms with van der Waals surface area (Å²) < 4.78 is 22.0. The van der Waals surface area contributed by atoms with Crippen molar-refractivity contribution < 1.29 is 33.3 Å². The minimum absolute atomic E-state index is 0.265. The summed E-state index contributed by atoms with van der Waals surface area (Å²) in [4.78, 5) is 35.2. The van der Waals surface area contributed by atoms with E-state index < -0.39 is 17.9 Å². The summed E-state index contributed by atoms with van der Waals surface area (Å²) >= 11 is 0. The molecule has 7 heteroatoms. The van der Waals surface area contributed by atoms with E-state index in [1.807, 2.05) is 19.1 Å². The van der Waals surface area contributed by atoms with Gasteiger partial charge in [0.15, 0.2) is 0 Å². The molecular weight excluding hydrogens is 484 g/mol. The summed E-state index contributed by atoms with van der Waals surface area (Å²) in [6.07, 6.45) is 6.95. The molecule has 38 heavy (non-hydrogen) atoms. The van der Waals surface area contributed by atoms with Crippen molar-refractivity contribution >= 4 is 17.9 Å². The molecule has 7 nitrogen and oxygen atoms in total. The number of hydrogen-bond acceptors (Lipinski definition) is 7. The third-order valence-electron chi connectivity index (χ3n) is 5.13. The van der Waals surface area contributed by atoms with Crippen molar-refractivity contribution in [3.05, 3.63) is 111 Å². The van der Waals surface area contributed by atoms with Gasteiger partial charge in [0.1, 0.15) is 29.6 Å². The standard InChI is InChI=1S/C31H26O7/c1-5-9-18-35-27-19-26(22-12-16-24(17-13-22)37-30(33)7-3)28(38-31(34)8-4)20-25(27)21-10-14-23(15-11-21)36-29(32)6-2/h5-17,19-20H,2-4,18H2,1H3/b9-5+. The average molecular weight is 511 g/mol. The number of ether oxygens (including phenoxy) is 4. The van der Waals surface area contributed by atoms with Crippen LogP contribution in [0.3, 0.4) is 0 Å². The first kappa shape index (κ1) is 27.4. The number of rotatable bonds is 11. The Balaban J connectivity index is 2.11. The Hall–Kier alpha value is -5.17. The summed E-state index contributed by atoms with van der Waals surface area (Å²) in [7, 11) is 0. The quantitative estimate of drug-likeness (QED) is 0.130. The molecule has 0 radical (unpaired) electrons. The molecule has 0 fully saturated rings. The van der Waals surface area contributed by atoms with Crippen LogP contribution in [0.5, 0.6) is 23.0 Å². The Labute approximate surface area is 220 Å². The van der Waals surface area contributed by atoms with Gasteiger partial charge in [0.05, 0.1) is 0 Å². The van der Waals surface area contributed by atoms with Crippen molar-refractivity contribution in [1.82, 2.24) is 0 Å². The lowest BCUT2D eigenvalue weighted by atomic mass is 9.97. The highest BCUT2D eigenvalue weighted by molar-refractivity contribution is 5.88. The molecule has 3 aromatic rings. The molecule has 0 atom stereocenters. The molecule has 0 heterocycles. The number of hydrogen-bond donors (Lipinski definition) is 0.